The number of rotatable bonds is 4. The molecular formula is C10H11Cl2NO4. The van der Waals surface area contributed by atoms with Gasteiger partial charge < -0.3 is 14.9 Å². The molecule has 17 heavy (non-hydrogen) atoms. The van der Waals surface area contributed by atoms with E-state index in [-0.39, 0.29) is 22.5 Å². The van der Waals surface area contributed by atoms with Crippen LogP contribution in [0.25, 0.3) is 0 Å². The fraction of sp³-hybridized carbons (Fsp3) is 0.400. The van der Waals surface area contributed by atoms with E-state index in [0.717, 1.165) is 0 Å². The van der Waals surface area contributed by atoms with Crippen molar-refractivity contribution in [3.05, 3.63) is 28.0 Å². The number of nitrogens with zero attached hydrogens (tertiary/aromatic N) is 1. The summed E-state index contributed by atoms with van der Waals surface area (Å²) in [5.74, 6) is -0.913. The summed E-state index contributed by atoms with van der Waals surface area (Å²) in [6.07, 6.45) is -3.16. The number of pyridine rings is 1. The third-order valence-electron chi connectivity index (χ3n) is 1.95. The van der Waals surface area contributed by atoms with Gasteiger partial charge in [-0.1, -0.05) is 23.2 Å². The number of carbonyl (C=O) groups is 1. The number of aliphatic hydroxyl groups excluding tert-OH is 2. The van der Waals surface area contributed by atoms with Gasteiger partial charge >= 0.3 is 5.97 Å². The minimum Gasteiger partial charge on any atom is -0.464 e. The van der Waals surface area contributed by atoms with Gasteiger partial charge in [-0.3, -0.25) is 0 Å². The molecule has 0 saturated carbocycles. The van der Waals surface area contributed by atoms with Gasteiger partial charge in [-0.25, -0.2) is 9.78 Å². The molecule has 2 atom stereocenters. The smallest absolute Gasteiger partial charge is 0.338 e. The van der Waals surface area contributed by atoms with Crippen molar-refractivity contribution < 1.29 is 19.7 Å². The number of esters is 1. The Bertz CT molecular complexity index is 393. The third-order valence-corrected chi connectivity index (χ3v) is 2.34. The van der Waals surface area contributed by atoms with Gasteiger partial charge in [0.25, 0.3) is 0 Å². The third kappa shape index (κ3) is 3.81. The molecule has 1 aromatic rings. The molecule has 5 nitrogen and oxygen atoms in total. The molecule has 0 radical (unpaired) electrons. The highest BCUT2D eigenvalue weighted by Gasteiger charge is 2.27. The second-order valence-electron chi connectivity index (χ2n) is 3.19. The lowest BCUT2D eigenvalue weighted by Crippen LogP contribution is -2.29. The average Bonchev–Trinajstić information content (AvgIpc) is 2.26. The van der Waals surface area contributed by atoms with Crippen LogP contribution in [0.4, 0.5) is 0 Å². The Morgan fingerprint density at radius 3 is 2.41 bits per heavy atom. The Morgan fingerprint density at radius 2 is 1.94 bits per heavy atom. The molecule has 0 aromatic carbocycles. The number of hydrogen-bond donors (Lipinski definition) is 2. The quantitative estimate of drug-likeness (QED) is 0.642. The Kier molecular flexibility index (Phi) is 5.14. The molecule has 0 aliphatic carbocycles. The van der Waals surface area contributed by atoms with Crippen LogP contribution in [0.5, 0.6) is 0 Å². The van der Waals surface area contributed by atoms with Gasteiger partial charge in [0.1, 0.15) is 16.4 Å². The lowest BCUT2D eigenvalue weighted by molar-refractivity contribution is -0.159. The SMILES string of the molecule is CCOC(=O)C(O)C(O)c1cc(Cl)nc(Cl)c1. The van der Waals surface area contributed by atoms with Crippen LogP contribution in [-0.4, -0.2) is 33.9 Å². The highest BCUT2D eigenvalue weighted by Crippen LogP contribution is 2.23. The summed E-state index contributed by atoms with van der Waals surface area (Å²) in [4.78, 5) is 14.9. The molecule has 0 aliphatic heterocycles. The molecule has 7 heteroatoms. The fourth-order valence-corrected chi connectivity index (χ4v) is 1.67. The monoisotopic (exact) mass is 279 g/mol. The summed E-state index contributed by atoms with van der Waals surface area (Å²) in [7, 11) is 0. The highest BCUT2D eigenvalue weighted by molar-refractivity contribution is 6.32. The van der Waals surface area contributed by atoms with Crippen LogP contribution in [0.15, 0.2) is 12.1 Å². The Balaban J connectivity index is 2.87. The Labute approximate surface area is 108 Å². The van der Waals surface area contributed by atoms with E-state index < -0.39 is 18.2 Å². The van der Waals surface area contributed by atoms with Crippen molar-refractivity contribution in [1.29, 1.82) is 0 Å². The van der Waals surface area contributed by atoms with Crippen molar-refractivity contribution in [3.63, 3.8) is 0 Å². The summed E-state index contributed by atoms with van der Waals surface area (Å²) in [6, 6.07) is 2.61. The van der Waals surface area contributed by atoms with E-state index in [1.165, 1.54) is 12.1 Å². The molecule has 94 valence electrons. The maximum Gasteiger partial charge on any atom is 0.338 e. The molecule has 0 saturated heterocycles. The number of aromatic nitrogens is 1. The van der Waals surface area contributed by atoms with E-state index >= 15 is 0 Å². The largest absolute Gasteiger partial charge is 0.464 e. The first-order valence-corrected chi connectivity index (χ1v) is 5.57. The van der Waals surface area contributed by atoms with E-state index in [1.54, 1.807) is 6.92 Å². The second-order valence-corrected chi connectivity index (χ2v) is 3.96. The minimum absolute atomic E-state index is 0.0580. The molecule has 2 unspecified atom stereocenters. The fourth-order valence-electron chi connectivity index (χ4n) is 1.19. The standard InChI is InChI=1S/C10H11Cl2NO4/c1-2-17-10(16)9(15)8(14)5-3-6(11)13-7(12)4-5/h3-4,8-9,14-15H,2H2,1H3. The molecule has 0 aliphatic rings. The molecule has 0 spiro atoms. The number of ether oxygens (including phenoxy) is 1. The van der Waals surface area contributed by atoms with Crippen LogP contribution in [0.3, 0.4) is 0 Å². The van der Waals surface area contributed by atoms with Gasteiger partial charge in [0.2, 0.25) is 0 Å². The summed E-state index contributed by atoms with van der Waals surface area (Å²) in [5.41, 5.74) is 0.190. The van der Waals surface area contributed by atoms with Gasteiger partial charge in [-0.2, -0.15) is 0 Å². The molecule has 1 rings (SSSR count). The Hall–Kier alpha value is -0.880. The van der Waals surface area contributed by atoms with E-state index in [0.29, 0.717) is 0 Å². The van der Waals surface area contributed by atoms with E-state index in [9.17, 15) is 15.0 Å². The zero-order valence-corrected chi connectivity index (χ0v) is 10.4. The lowest BCUT2D eigenvalue weighted by atomic mass is 10.1. The predicted molar refractivity (Wildman–Crippen MR) is 61.9 cm³/mol. The van der Waals surface area contributed by atoms with Crippen molar-refractivity contribution in [2.24, 2.45) is 0 Å². The topological polar surface area (TPSA) is 79.7 Å². The van der Waals surface area contributed by atoms with Crippen LogP contribution < -0.4 is 0 Å². The van der Waals surface area contributed by atoms with Gasteiger partial charge in [0.05, 0.1) is 6.61 Å². The maximum atomic E-state index is 11.2. The first kappa shape index (κ1) is 14.2. The van der Waals surface area contributed by atoms with Gasteiger partial charge in [0.15, 0.2) is 6.10 Å². The Morgan fingerprint density at radius 1 is 1.41 bits per heavy atom. The van der Waals surface area contributed by atoms with E-state index in [4.69, 9.17) is 23.2 Å². The lowest BCUT2D eigenvalue weighted by Gasteiger charge is -2.16. The maximum absolute atomic E-state index is 11.2. The van der Waals surface area contributed by atoms with Gasteiger partial charge in [-0.05, 0) is 24.6 Å². The normalized spacial score (nSPS) is 14.2. The van der Waals surface area contributed by atoms with Crippen molar-refractivity contribution in [2.45, 2.75) is 19.1 Å². The molecule has 2 N–H and O–H groups in total. The number of carbonyl (C=O) groups excluding carboxylic acids is 1. The van der Waals surface area contributed by atoms with Gasteiger partial charge in [-0.15, -0.1) is 0 Å². The summed E-state index contributed by atoms with van der Waals surface area (Å²) in [5, 5.41) is 19.4. The molecular weight excluding hydrogens is 269 g/mol. The molecule has 1 aromatic heterocycles. The zero-order valence-electron chi connectivity index (χ0n) is 8.93. The minimum atomic E-state index is -1.69. The van der Waals surface area contributed by atoms with Crippen molar-refractivity contribution in [3.8, 4) is 0 Å². The van der Waals surface area contributed by atoms with Crippen LogP contribution in [0.1, 0.15) is 18.6 Å². The van der Waals surface area contributed by atoms with Gasteiger partial charge in [0, 0.05) is 0 Å². The molecule has 0 fully saturated rings. The average molecular weight is 280 g/mol. The molecule has 0 bridgehead atoms. The van der Waals surface area contributed by atoms with E-state index in [2.05, 4.69) is 9.72 Å². The van der Waals surface area contributed by atoms with Crippen molar-refractivity contribution in [1.82, 2.24) is 4.98 Å². The predicted octanol–water partition coefficient (Wildman–Crippen LogP) is 1.35. The summed E-state index contributed by atoms with van der Waals surface area (Å²) in [6.45, 7) is 1.71. The number of halogens is 2. The van der Waals surface area contributed by atoms with Crippen LogP contribution in [0, 0.1) is 0 Å². The summed E-state index contributed by atoms with van der Waals surface area (Å²) < 4.78 is 4.58. The summed E-state index contributed by atoms with van der Waals surface area (Å²) >= 11 is 11.3. The first-order valence-electron chi connectivity index (χ1n) is 4.81. The van der Waals surface area contributed by atoms with Crippen molar-refractivity contribution in [2.75, 3.05) is 6.61 Å². The first-order chi connectivity index (χ1) is 7.95. The zero-order chi connectivity index (χ0) is 13.0. The highest BCUT2D eigenvalue weighted by atomic mass is 35.5. The number of hydrogen-bond acceptors (Lipinski definition) is 5. The van der Waals surface area contributed by atoms with E-state index in [1.807, 2.05) is 0 Å². The molecule has 1 heterocycles. The van der Waals surface area contributed by atoms with Crippen LogP contribution in [0.2, 0.25) is 10.3 Å². The number of aliphatic hydroxyl groups is 2. The second kappa shape index (κ2) is 6.16. The van der Waals surface area contributed by atoms with Crippen LogP contribution >= 0.6 is 23.2 Å². The van der Waals surface area contributed by atoms with Crippen LogP contribution in [-0.2, 0) is 9.53 Å². The van der Waals surface area contributed by atoms with Crippen molar-refractivity contribution >= 4 is 29.2 Å². The molecule has 0 amide bonds.